The van der Waals surface area contributed by atoms with E-state index in [9.17, 15) is 8.42 Å². The number of anilines is 1. The second-order valence-electron chi connectivity index (χ2n) is 3.64. The molecule has 0 radical (unpaired) electrons. The van der Waals surface area contributed by atoms with Gasteiger partial charge in [0.15, 0.2) is 0 Å². The first kappa shape index (κ1) is 13.7. The van der Waals surface area contributed by atoms with Gasteiger partial charge in [-0.3, -0.25) is 4.72 Å². The van der Waals surface area contributed by atoms with Crippen LogP contribution >= 0.6 is 11.6 Å². The van der Waals surface area contributed by atoms with Crippen LogP contribution in [0.5, 0.6) is 0 Å². The lowest BCUT2D eigenvalue weighted by Crippen LogP contribution is -2.13. The summed E-state index contributed by atoms with van der Waals surface area (Å²) in [4.78, 5) is 7.43. The number of nitrogens with zero attached hydrogens (tertiary/aromatic N) is 2. The summed E-state index contributed by atoms with van der Waals surface area (Å²) < 4.78 is 26.5. The Bertz CT molecular complexity index is 677. The van der Waals surface area contributed by atoms with Crippen molar-refractivity contribution >= 4 is 27.3 Å². The third kappa shape index (κ3) is 3.19. The molecule has 1 heterocycles. The van der Waals surface area contributed by atoms with Gasteiger partial charge in [-0.1, -0.05) is 11.6 Å². The van der Waals surface area contributed by atoms with Crippen molar-refractivity contribution in [2.45, 2.75) is 11.5 Å². The first-order chi connectivity index (χ1) is 9.03. The number of hydrogen-bond donors (Lipinski definition) is 2. The van der Waals surface area contributed by atoms with Crippen LogP contribution in [-0.4, -0.2) is 23.5 Å². The average Bonchev–Trinajstić information content (AvgIpc) is 2.39. The quantitative estimate of drug-likeness (QED) is 0.891. The molecule has 19 heavy (non-hydrogen) atoms. The maximum absolute atomic E-state index is 12.1. The average molecular weight is 300 g/mol. The number of rotatable bonds is 4. The van der Waals surface area contributed by atoms with Gasteiger partial charge in [0.1, 0.15) is 6.33 Å². The second kappa shape index (κ2) is 5.52. The van der Waals surface area contributed by atoms with E-state index in [0.29, 0.717) is 10.6 Å². The zero-order valence-corrected chi connectivity index (χ0v) is 11.2. The fourth-order valence-corrected chi connectivity index (χ4v) is 2.66. The number of benzene rings is 1. The van der Waals surface area contributed by atoms with Crippen molar-refractivity contribution in [3.8, 4) is 0 Å². The van der Waals surface area contributed by atoms with Crippen LogP contribution in [0.2, 0.25) is 5.02 Å². The Hall–Kier alpha value is -1.70. The van der Waals surface area contributed by atoms with Crippen molar-refractivity contribution in [1.29, 1.82) is 0 Å². The summed E-state index contributed by atoms with van der Waals surface area (Å²) in [7, 11) is -3.76. The van der Waals surface area contributed by atoms with Gasteiger partial charge < -0.3 is 5.11 Å². The third-order valence-electron chi connectivity index (χ3n) is 2.31. The van der Waals surface area contributed by atoms with Crippen molar-refractivity contribution in [3.63, 3.8) is 0 Å². The van der Waals surface area contributed by atoms with E-state index in [0.717, 1.165) is 0 Å². The Kier molecular flexibility index (Phi) is 3.98. The predicted octanol–water partition coefficient (Wildman–Crippen LogP) is 1.42. The minimum absolute atomic E-state index is 0.00445. The van der Waals surface area contributed by atoms with Gasteiger partial charge in [0.2, 0.25) is 0 Å². The van der Waals surface area contributed by atoms with Gasteiger partial charge in [0, 0.05) is 5.02 Å². The zero-order chi connectivity index (χ0) is 13.9. The van der Waals surface area contributed by atoms with E-state index < -0.39 is 10.0 Å². The number of aliphatic hydroxyl groups is 1. The van der Waals surface area contributed by atoms with Crippen molar-refractivity contribution in [2.24, 2.45) is 0 Å². The van der Waals surface area contributed by atoms with E-state index in [2.05, 4.69) is 14.7 Å². The second-order valence-corrected chi connectivity index (χ2v) is 5.73. The molecule has 8 heteroatoms. The molecule has 2 N–H and O–H groups in total. The highest BCUT2D eigenvalue weighted by Gasteiger charge is 2.16. The molecule has 100 valence electrons. The highest BCUT2D eigenvalue weighted by atomic mass is 35.5. The van der Waals surface area contributed by atoms with Gasteiger partial charge >= 0.3 is 0 Å². The lowest BCUT2D eigenvalue weighted by Gasteiger charge is -2.09. The number of hydrogen-bond acceptors (Lipinski definition) is 5. The zero-order valence-electron chi connectivity index (χ0n) is 9.62. The highest BCUT2D eigenvalue weighted by molar-refractivity contribution is 7.92. The maximum atomic E-state index is 12.1. The van der Waals surface area contributed by atoms with E-state index in [1.54, 1.807) is 0 Å². The van der Waals surface area contributed by atoms with Crippen LogP contribution in [-0.2, 0) is 16.6 Å². The number of sulfonamides is 1. The smallest absolute Gasteiger partial charge is 0.262 e. The molecular weight excluding hydrogens is 290 g/mol. The largest absolute Gasteiger partial charge is 0.392 e. The molecule has 6 nitrogen and oxygen atoms in total. The SMILES string of the molecule is O=S(=O)(Nc1cncnc1)c1ccc(Cl)c(CO)c1. The lowest BCUT2D eigenvalue weighted by molar-refractivity contribution is 0.281. The van der Waals surface area contributed by atoms with Gasteiger partial charge in [-0.15, -0.1) is 0 Å². The Morgan fingerprint density at radius 2 is 1.95 bits per heavy atom. The van der Waals surface area contributed by atoms with Crippen LogP contribution < -0.4 is 4.72 Å². The van der Waals surface area contributed by atoms with Crippen LogP contribution in [0, 0.1) is 0 Å². The van der Waals surface area contributed by atoms with E-state index in [4.69, 9.17) is 16.7 Å². The van der Waals surface area contributed by atoms with E-state index in [-0.39, 0.29) is 17.2 Å². The number of aliphatic hydroxyl groups excluding tert-OH is 1. The Labute approximate surface area is 115 Å². The van der Waals surface area contributed by atoms with Gasteiger partial charge in [-0.2, -0.15) is 0 Å². The molecule has 0 atom stereocenters. The molecule has 1 aromatic carbocycles. The van der Waals surface area contributed by atoms with Crippen molar-refractivity contribution < 1.29 is 13.5 Å². The summed E-state index contributed by atoms with van der Waals surface area (Å²) in [6.07, 6.45) is 3.98. The van der Waals surface area contributed by atoms with Gasteiger partial charge in [0.05, 0.1) is 29.6 Å². The molecule has 0 saturated heterocycles. The molecular formula is C11H10ClN3O3S. The normalized spacial score (nSPS) is 11.3. The van der Waals surface area contributed by atoms with E-state index in [1.165, 1.54) is 36.9 Å². The van der Waals surface area contributed by atoms with Gasteiger partial charge in [-0.25, -0.2) is 18.4 Å². The van der Waals surface area contributed by atoms with E-state index in [1.807, 2.05) is 0 Å². The maximum Gasteiger partial charge on any atom is 0.262 e. The van der Waals surface area contributed by atoms with Gasteiger partial charge in [0.25, 0.3) is 10.0 Å². The Balaban J connectivity index is 2.35. The summed E-state index contributed by atoms with van der Waals surface area (Å²) in [5.41, 5.74) is 0.594. The van der Waals surface area contributed by atoms with Crippen LogP contribution in [0.4, 0.5) is 5.69 Å². The van der Waals surface area contributed by atoms with Crippen molar-refractivity contribution in [1.82, 2.24) is 9.97 Å². The topological polar surface area (TPSA) is 92.2 Å². The molecule has 0 aliphatic rings. The highest BCUT2D eigenvalue weighted by Crippen LogP contribution is 2.22. The molecule has 2 rings (SSSR count). The molecule has 0 fully saturated rings. The van der Waals surface area contributed by atoms with Crippen LogP contribution in [0.25, 0.3) is 0 Å². The third-order valence-corrected chi connectivity index (χ3v) is 4.06. The standard InChI is InChI=1S/C11H10ClN3O3S/c12-11-2-1-10(3-8(11)6-16)19(17,18)15-9-4-13-7-14-5-9/h1-5,7,15-16H,6H2. The fraction of sp³-hybridized carbons (Fsp3) is 0.0909. The molecule has 0 saturated carbocycles. The van der Waals surface area contributed by atoms with Gasteiger partial charge in [-0.05, 0) is 23.8 Å². The van der Waals surface area contributed by atoms with Crippen LogP contribution in [0.1, 0.15) is 5.56 Å². The summed E-state index contributed by atoms with van der Waals surface area (Å²) in [5.74, 6) is 0. The minimum Gasteiger partial charge on any atom is -0.392 e. The Morgan fingerprint density at radius 1 is 1.26 bits per heavy atom. The molecule has 0 unspecified atom stereocenters. The number of aromatic nitrogens is 2. The molecule has 0 aliphatic carbocycles. The summed E-state index contributed by atoms with van der Waals surface area (Å²) in [6.45, 7) is -0.337. The Morgan fingerprint density at radius 3 is 2.58 bits per heavy atom. The summed E-state index contributed by atoms with van der Waals surface area (Å²) in [5, 5.41) is 9.39. The summed E-state index contributed by atoms with van der Waals surface area (Å²) >= 11 is 5.81. The van der Waals surface area contributed by atoms with Crippen molar-refractivity contribution in [3.05, 3.63) is 47.5 Å². The monoisotopic (exact) mass is 299 g/mol. The van der Waals surface area contributed by atoms with Crippen LogP contribution in [0.15, 0.2) is 41.8 Å². The van der Waals surface area contributed by atoms with E-state index >= 15 is 0 Å². The minimum atomic E-state index is -3.76. The molecule has 0 aliphatic heterocycles. The predicted molar refractivity (Wildman–Crippen MR) is 70.2 cm³/mol. The molecule has 2 aromatic rings. The molecule has 0 amide bonds. The molecule has 1 aromatic heterocycles. The van der Waals surface area contributed by atoms with Crippen LogP contribution in [0.3, 0.4) is 0 Å². The first-order valence-electron chi connectivity index (χ1n) is 5.20. The fourth-order valence-electron chi connectivity index (χ4n) is 1.41. The van der Waals surface area contributed by atoms with Crippen molar-refractivity contribution in [2.75, 3.05) is 4.72 Å². The summed E-state index contributed by atoms with van der Waals surface area (Å²) in [6, 6.07) is 4.09. The molecule has 0 bridgehead atoms. The number of nitrogens with one attached hydrogen (secondary N) is 1. The molecule has 0 spiro atoms. The first-order valence-corrected chi connectivity index (χ1v) is 7.06. The number of halogens is 1. The lowest BCUT2D eigenvalue weighted by atomic mass is 10.2.